The van der Waals surface area contributed by atoms with Gasteiger partial charge in [-0.1, -0.05) is 48.3 Å². The van der Waals surface area contributed by atoms with E-state index in [0.717, 1.165) is 18.4 Å². The van der Waals surface area contributed by atoms with E-state index in [1.165, 1.54) is 17.3 Å². The Labute approximate surface area is 141 Å². The molecule has 0 saturated heterocycles. The van der Waals surface area contributed by atoms with Crippen LogP contribution in [0.15, 0.2) is 28.8 Å². The molecular formula is C17H23N3O2S. The molecule has 0 aliphatic carbocycles. The van der Waals surface area contributed by atoms with Gasteiger partial charge in [0.15, 0.2) is 0 Å². The van der Waals surface area contributed by atoms with Gasteiger partial charge in [0.1, 0.15) is 0 Å². The fraction of sp³-hybridized carbons (Fsp3) is 0.471. The van der Waals surface area contributed by atoms with Gasteiger partial charge in [-0.15, -0.1) is 11.8 Å². The molecule has 0 aliphatic heterocycles. The number of nitrogens with zero attached hydrogens (tertiary/aromatic N) is 2. The Balaban J connectivity index is 1.79. The van der Waals surface area contributed by atoms with Crippen LogP contribution in [0.3, 0.4) is 0 Å². The second kappa shape index (κ2) is 8.72. The van der Waals surface area contributed by atoms with E-state index >= 15 is 0 Å². The lowest BCUT2D eigenvalue weighted by Crippen LogP contribution is -2.33. The SMILES string of the molecule is CCC[C@@H](C)NC(=O)CSCc1nc(-c2ccc(C)cc2)no1. The molecule has 0 saturated carbocycles. The summed E-state index contributed by atoms with van der Waals surface area (Å²) in [4.78, 5) is 16.1. The van der Waals surface area contributed by atoms with Crippen molar-refractivity contribution in [3.8, 4) is 11.4 Å². The van der Waals surface area contributed by atoms with Crippen LogP contribution in [0.25, 0.3) is 11.4 Å². The number of aromatic nitrogens is 2. The molecule has 6 heteroatoms. The first kappa shape index (κ1) is 17.5. The highest BCUT2D eigenvalue weighted by molar-refractivity contribution is 7.99. The molecule has 1 heterocycles. The number of thioether (sulfide) groups is 1. The number of hydrogen-bond donors (Lipinski definition) is 1. The van der Waals surface area contributed by atoms with Crippen LogP contribution in [0, 0.1) is 6.92 Å². The molecule has 1 aromatic carbocycles. The van der Waals surface area contributed by atoms with Crippen molar-refractivity contribution >= 4 is 17.7 Å². The first-order valence-electron chi connectivity index (χ1n) is 7.85. The smallest absolute Gasteiger partial charge is 0.236 e. The van der Waals surface area contributed by atoms with Gasteiger partial charge >= 0.3 is 0 Å². The van der Waals surface area contributed by atoms with E-state index < -0.39 is 0 Å². The van der Waals surface area contributed by atoms with Gasteiger partial charge in [-0.2, -0.15) is 4.98 Å². The molecule has 0 radical (unpaired) electrons. The normalized spacial score (nSPS) is 12.1. The average molecular weight is 333 g/mol. The van der Waals surface area contributed by atoms with Crippen LogP contribution in [0.1, 0.15) is 38.1 Å². The van der Waals surface area contributed by atoms with E-state index in [2.05, 4.69) is 22.4 Å². The van der Waals surface area contributed by atoms with Crippen molar-refractivity contribution in [3.05, 3.63) is 35.7 Å². The molecule has 1 N–H and O–H groups in total. The quantitative estimate of drug-likeness (QED) is 0.799. The summed E-state index contributed by atoms with van der Waals surface area (Å²) in [5, 5.41) is 6.96. The number of nitrogens with one attached hydrogen (secondary N) is 1. The summed E-state index contributed by atoms with van der Waals surface area (Å²) in [6.45, 7) is 6.17. The van der Waals surface area contributed by atoms with E-state index in [4.69, 9.17) is 4.52 Å². The number of rotatable bonds is 8. The second-order valence-electron chi connectivity index (χ2n) is 5.63. The lowest BCUT2D eigenvalue weighted by atomic mass is 10.1. The van der Waals surface area contributed by atoms with Crippen molar-refractivity contribution in [1.82, 2.24) is 15.5 Å². The van der Waals surface area contributed by atoms with Gasteiger partial charge < -0.3 is 9.84 Å². The van der Waals surface area contributed by atoms with E-state index in [1.807, 2.05) is 38.1 Å². The number of aryl methyl sites for hydroxylation is 1. The summed E-state index contributed by atoms with van der Waals surface area (Å²) >= 11 is 1.48. The van der Waals surface area contributed by atoms with E-state index in [9.17, 15) is 4.79 Å². The molecule has 23 heavy (non-hydrogen) atoms. The van der Waals surface area contributed by atoms with Crippen LogP contribution in [-0.4, -0.2) is 27.8 Å². The van der Waals surface area contributed by atoms with E-state index in [0.29, 0.717) is 23.2 Å². The van der Waals surface area contributed by atoms with Crippen LogP contribution < -0.4 is 5.32 Å². The summed E-state index contributed by atoms with van der Waals surface area (Å²) in [5.41, 5.74) is 2.12. The second-order valence-corrected chi connectivity index (χ2v) is 6.61. The van der Waals surface area contributed by atoms with Gasteiger partial charge in [-0.3, -0.25) is 4.79 Å². The third kappa shape index (κ3) is 5.71. The molecule has 5 nitrogen and oxygen atoms in total. The highest BCUT2D eigenvalue weighted by Gasteiger charge is 2.10. The van der Waals surface area contributed by atoms with Crippen LogP contribution in [0.4, 0.5) is 0 Å². The Morgan fingerprint density at radius 2 is 2.09 bits per heavy atom. The van der Waals surface area contributed by atoms with Crippen LogP contribution in [0.5, 0.6) is 0 Å². The van der Waals surface area contributed by atoms with Crippen LogP contribution >= 0.6 is 11.8 Å². The Bertz CT molecular complexity index is 625. The zero-order chi connectivity index (χ0) is 16.7. The molecule has 0 unspecified atom stereocenters. The number of carbonyl (C=O) groups excluding carboxylic acids is 1. The fourth-order valence-corrected chi connectivity index (χ4v) is 2.85. The Morgan fingerprint density at radius 1 is 1.35 bits per heavy atom. The van der Waals surface area contributed by atoms with Gasteiger partial charge in [0.2, 0.25) is 17.6 Å². The maximum absolute atomic E-state index is 11.8. The van der Waals surface area contributed by atoms with E-state index in [1.54, 1.807) is 0 Å². The number of carbonyl (C=O) groups is 1. The predicted octanol–water partition coefficient (Wildman–Crippen LogP) is 3.58. The van der Waals surface area contributed by atoms with Gasteiger partial charge in [0.25, 0.3) is 0 Å². The third-order valence-corrected chi connectivity index (χ3v) is 4.28. The molecule has 0 aliphatic rings. The molecule has 1 amide bonds. The summed E-state index contributed by atoms with van der Waals surface area (Å²) in [6, 6.07) is 8.20. The molecule has 0 spiro atoms. The largest absolute Gasteiger partial charge is 0.353 e. The highest BCUT2D eigenvalue weighted by Crippen LogP contribution is 2.18. The van der Waals surface area contributed by atoms with Crippen molar-refractivity contribution in [3.63, 3.8) is 0 Å². The van der Waals surface area contributed by atoms with Crippen molar-refractivity contribution in [1.29, 1.82) is 0 Å². The number of hydrogen-bond acceptors (Lipinski definition) is 5. The summed E-state index contributed by atoms with van der Waals surface area (Å²) in [7, 11) is 0. The van der Waals surface area contributed by atoms with Crippen LogP contribution in [-0.2, 0) is 10.5 Å². The molecular weight excluding hydrogens is 310 g/mol. The summed E-state index contributed by atoms with van der Waals surface area (Å²) in [6.07, 6.45) is 2.07. The molecule has 0 bridgehead atoms. The van der Waals surface area contributed by atoms with Crippen molar-refractivity contribution in [2.24, 2.45) is 0 Å². The first-order valence-corrected chi connectivity index (χ1v) is 9.00. The molecule has 1 atom stereocenters. The maximum Gasteiger partial charge on any atom is 0.236 e. The van der Waals surface area contributed by atoms with Gasteiger partial charge in [-0.05, 0) is 20.3 Å². The summed E-state index contributed by atoms with van der Waals surface area (Å²) in [5.74, 6) is 2.11. The minimum absolute atomic E-state index is 0.0502. The Morgan fingerprint density at radius 3 is 2.78 bits per heavy atom. The lowest BCUT2D eigenvalue weighted by molar-refractivity contribution is -0.119. The molecule has 124 valence electrons. The lowest BCUT2D eigenvalue weighted by Gasteiger charge is -2.11. The van der Waals surface area contributed by atoms with Gasteiger partial charge in [0.05, 0.1) is 11.5 Å². The molecule has 2 aromatic rings. The first-order chi connectivity index (χ1) is 11.1. The van der Waals surface area contributed by atoms with E-state index in [-0.39, 0.29) is 11.9 Å². The highest BCUT2D eigenvalue weighted by atomic mass is 32.2. The zero-order valence-corrected chi connectivity index (χ0v) is 14.7. The summed E-state index contributed by atoms with van der Waals surface area (Å²) < 4.78 is 5.24. The third-order valence-electron chi connectivity index (χ3n) is 3.37. The van der Waals surface area contributed by atoms with Crippen molar-refractivity contribution in [2.45, 2.75) is 45.4 Å². The molecule has 0 fully saturated rings. The minimum atomic E-state index is 0.0502. The maximum atomic E-state index is 11.8. The van der Waals surface area contributed by atoms with Gasteiger partial charge in [-0.25, -0.2) is 0 Å². The molecule has 1 aromatic heterocycles. The van der Waals surface area contributed by atoms with Crippen molar-refractivity contribution < 1.29 is 9.32 Å². The fourth-order valence-electron chi connectivity index (χ4n) is 2.19. The van der Waals surface area contributed by atoms with Gasteiger partial charge in [0, 0.05) is 11.6 Å². The minimum Gasteiger partial charge on any atom is -0.353 e. The molecule has 2 rings (SSSR count). The Hall–Kier alpha value is -1.82. The van der Waals surface area contributed by atoms with Crippen molar-refractivity contribution in [2.75, 3.05) is 5.75 Å². The Kier molecular flexibility index (Phi) is 6.65. The predicted molar refractivity (Wildman–Crippen MR) is 93.1 cm³/mol. The van der Waals surface area contributed by atoms with Crippen LogP contribution in [0.2, 0.25) is 0 Å². The average Bonchev–Trinajstić information content (AvgIpc) is 2.97. The standard InChI is InChI=1S/C17H23N3O2S/c1-4-5-13(3)18-15(21)10-23-11-16-19-17(20-22-16)14-8-6-12(2)7-9-14/h6-9,13H,4-5,10-11H2,1-3H3,(H,18,21)/t13-/m1/s1. The number of amides is 1. The monoisotopic (exact) mass is 333 g/mol. The number of benzene rings is 1. The topological polar surface area (TPSA) is 68.0 Å². The zero-order valence-electron chi connectivity index (χ0n) is 13.8.